The second-order valence-corrected chi connectivity index (χ2v) is 10.2. The molecule has 6 rings (SSSR count). The lowest BCUT2D eigenvalue weighted by molar-refractivity contribution is 0.0722. The van der Waals surface area contributed by atoms with Gasteiger partial charge in [0.25, 0.3) is 5.91 Å². The first kappa shape index (κ1) is 24.6. The summed E-state index contributed by atoms with van der Waals surface area (Å²) in [5.41, 5.74) is 2.59. The number of nitriles is 1. The molecule has 2 aliphatic rings. The number of carbonyl (C=O) groups excluding carboxylic acids is 1. The Hall–Kier alpha value is -4.71. The third-order valence-electron chi connectivity index (χ3n) is 8.01. The van der Waals surface area contributed by atoms with Crippen molar-refractivity contribution in [3.63, 3.8) is 0 Å². The molecule has 2 bridgehead atoms. The Morgan fingerprint density at radius 2 is 1.82 bits per heavy atom. The van der Waals surface area contributed by atoms with Crippen LogP contribution in [0.2, 0.25) is 0 Å². The number of carboxylic acid groups (broad SMARTS) is 1. The first-order valence-electron chi connectivity index (χ1n) is 12.7. The van der Waals surface area contributed by atoms with Gasteiger partial charge in [-0.1, -0.05) is 12.1 Å². The third-order valence-corrected chi connectivity index (χ3v) is 8.01. The number of amides is 2. The van der Waals surface area contributed by atoms with Crippen molar-refractivity contribution >= 4 is 22.9 Å². The maximum Gasteiger partial charge on any atom is 0.404 e. The number of nitrogens with zero attached hydrogens (tertiary/aromatic N) is 3. The zero-order valence-corrected chi connectivity index (χ0v) is 21.0. The number of hydrogen-bond donors (Lipinski definition) is 2. The molecule has 2 aliphatic heterocycles. The molecule has 2 amide bonds. The molecule has 2 N–H and O–H groups in total. The highest BCUT2D eigenvalue weighted by atomic mass is 19.1. The van der Waals surface area contributed by atoms with Crippen LogP contribution < -0.4 is 5.32 Å². The summed E-state index contributed by atoms with van der Waals surface area (Å²) >= 11 is 0. The normalized spacial score (nSPS) is 19.8. The number of fused-ring (bicyclic) bond motifs is 3. The summed E-state index contributed by atoms with van der Waals surface area (Å²) < 4.78 is 32.0. The Bertz CT molecular complexity index is 1710. The van der Waals surface area contributed by atoms with E-state index in [1.807, 2.05) is 23.9 Å². The van der Waals surface area contributed by atoms with Gasteiger partial charge in [-0.05, 0) is 78.4 Å². The Kier molecular flexibility index (Phi) is 5.83. The van der Waals surface area contributed by atoms with Crippen LogP contribution in [0, 0.1) is 23.0 Å². The Morgan fingerprint density at radius 1 is 1.00 bits per heavy atom. The average Bonchev–Trinajstić information content (AvgIpc) is 3.59. The van der Waals surface area contributed by atoms with Gasteiger partial charge in [0.2, 0.25) is 0 Å². The maximum absolute atomic E-state index is 15.5. The molecule has 3 heterocycles. The Labute approximate surface area is 222 Å². The highest BCUT2D eigenvalue weighted by molar-refractivity contribution is 5.99. The standard InChI is InChI=1S/C30H24F2N4O3/c1-35-9-8-17-10-23(25(32)14-28(17)35)21-6-4-18(11-22(21)16-2-3-19(15-33)24(31)12-16)29(37)36-20-5-7-27(36)26(13-20)34-30(38)39/h2-4,6,8-12,14,20,26-27,34H,5,7,13H2,1H3,(H,38,39)/t20-,26+,27+/m1/s1. The highest BCUT2D eigenvalue weighted by Gasteiger charge is 2.49. The molecule has 0 saturated carbocycles. The van der Waals surface area contributed by atoms with E-state index in [2.05, 4.69) is 5.32 Å². The molecule has 2 fully saturated rings. The van der Waals surface area contributed by atoms with Crippen LogP contribution in [-0.2, 0) is 7.05 Å². The number of hydrogen-bond acceptors (Lipinski definition) is 3. The molecule has 9 heteroatoms. The molecule has 0 aliphatic carbocycles. The minimum Gasteiger partial charge on any atom is -0.465 e. The van der Waals surface area contributed by atoms with Crippen molar-refractivity contribution in [1.82, 2.24) is 14.8 Å². The van der Waals surface area contributed by atoms with Crippen molar-refractivity contribution in [2.24, 2.45) is 7.05 Å². The van der Waals surface area contributed by atoms with Gasteiger partial charge in [-0.25, -0.2) is 13.6 Å². The molecular weight excluding hydrogens is 502 g/mol. The van der Waals surface area contributed by atoms with Crippen LogP contribution in [0.4, 0.5) is 13.6 Å². The van der Waals surface area contributed by atoms with Gasteiger partial charge in [0.15, 0.2) is 0 Å². The topological polar surface area (TPSA) is 98.4 Å². The first-order valence-corrected chi connectivity index (χ1v) is 12.7. The second-order valence-electron chi connectivity index (χ2n) is 10.2. The summed E-state index contributed by atoms with van der Waals surface area (Å²) in [5, 5.41) is 21.7. The molecule has 3 aromatic carbocycles. The smallest absolute Gasteiger partial charge is 0.404 e. The summed E-state index contributed by atoms with van der Waals surface area (Å²) in [6.45, 7) is 0. The minimum atomic E-state index is -1.12. The molecular formula is C30H24F2N4O3. The van der Waals surface area contributed by atoms with Crippen LogP contribution in [0.15, 0.2) is 60.8 Å². The quantitative estimate of drug-likeness (QED) is 0.358. The maximum atomic E-state index is 15.5. The lowest BCUT2D eigenvalue weighted by atomic mass is 9.91. The van der Waals surface area contributed by atoms with Gasteiger partial charge in [0.05, 0.1) is 23.2 Å². The van der Waals surface area contributed by atoms with Crippen LogP contribution in [0.25, 0.3) is 33.2 Å². The molecule has 4 aromatic rings. The summed E-state index contributed by atoms with van der Waals surface area (Å²) in [6, 6.07) is 15.3. The second kappa shape index (κ2) is 9.24. The fraction of sp³-hybridized carbons (Fsp3) is 0.233. The molecule has 196 valence electrons. The van der Waals surface area contributed by atoms with Crippen molar-refractivity contribution in [3.05, 3.63) is 83.6 Å². The van der Waals surface area contributed by atoms with Gasteiger partial charge >= 0.3 is 6.09 Å². The monoisotopic (exact) mass is 526 g/mol. The summed E-state index contributed by atoms with van der Waals surface area (Å²) in [5.74, 6) is -1.42. The molecule has 2 saturated heterocycles. The van der Waals surface area contributed by atoms with Crippen molar-refractivity contribution in [1.29, 1.82) is 5.26 Å². The molecule has 7 nitrogen and oxygen atoms in total. The predicted molar refractivity (Wildman–Crippen MR) is 141 cm³/mol. The largest absolute Gasteiger partial charge is 0.465 e. The Morgan fingerprint density at radius 3 is 2.56 bits per heavy atom. The summed E-state index contributed by atoms with van der Waals surface area (Å²) in [6.07, 6.45) is 2.77. The molecule has 0 unspecified atom stereocenters. The number of halogens is 2. The van der Waals surface area contributed by atoms with E-state index in [9.17, 15) is 24.3 Å². The molecule has 39 heavy (non-hydrogen) atoms. The van der Waals surface area contributed by atoms with Crippen molar-refractivity contribution in [3.8, 4) is 28.3 Å². The van der Waals surface area contributed by atoms with Crippen LogP contribution in [0.5, 0.6) is 0 Å². The van der Waals surface area contributed by atoms with Crippen LogP contribution in [0.1, 0.15) is 35.2 Å². The lowest BCUT2D eigenvalue weighted by Gasteiger charge is -2.25. The van der Waals surface area contributed by atoms with E-state index in [0.717, 1.165) is 17.3 Å². The van der Waals surface area contributed by atoms with Crippen molar-refractivity contribution in [2.45, 2.75) is 37.4 Å². The Balaban J connectivity index is 1.46. The number of nitrogens with one attached hydrogen (secondary N) is 1. The predicted octanol–water partition coefficient (Wildman–Crippen LogP) is 5.68. The van der Waals surface area contributed by atoms with E-state index in [1.54, 1.807) is 41.3 Å². The van der Waals surface area contributed by atoms with Gasteiger partial charge in [0, 0.05) is 35.8 Å². The average molecular weight is 527 g/mol. The van der Waals surface area contributed by atoms with E-state index < -0.39 is 17.7 Å². The minimum absolute atomic E-state index is 0.0761. The van der Waals surface area contributed by atoms with Gasteiger partial charge in [-0.3, -0.25) is 4.79 Å². The zero-order valence-electron chi connectivity index (χ0n) is 21.0. The molecule has 1 aromatic heterocycles. The number of aryl methyl sites for hydroxylation is 1. The van der Waals surface area contributed by atoms with Crippen LogP contribution in [0.3, 0.4) is 0 Å². The lowest BCUT2D eigenvalue weighted by Crippen LogP contribution is -2.44. The van der Waals surface area contributed by atoms with E-state index in [1.165, 1.54) is 18.2 Å². The van der Waals surface area contributed by atoms with Gasteiger partial charge in [-0.2, -0.15) is 5.26 Å². The summed E-state index contributed by atoms with van der Waals surface area (Å²) in [4.78, 5) is 26.7. The number of aromatic nitrogens is 1. The zero-order chi connectivity index (χ0) is 27.4. The molecule has 0 spiro atoms. The number of rotatable bonds is 4. The van der Waals surface area contributed by atoms with E-state index in [0.29, 0.717) is 40.7 Å². The first-order chi connectivity index (χ1) is 18.7. The SMILES string of the molecule is Cn1ccc2cc(-c3ccc(C(=O)N4[C@@H]5CC[C@H]4[C@@H](NC(=O)O)C5)cc3-c3ccc(C#N)c(F)c3)c(F)cc21. The fourth-order valence-electron chi connectivity index (χ4n) is 6.19. The van der Waals surface area contributed by atoms with Gasteiger partial charge in [0.1, 0.15) is 17.7 Å². The number of benzene rings is 3. The van der Waals surface area contributed by atoms with Crippen LogP contribution in [-0.4, -0.2) is 44.7 Å². The van der Waals surface area contributed by atoms with Gasteiger partial charge < -0.3 is 19.9 Å². The van der Waals surface area contributed by atoms with Crippen molar-refractivity contribution in [2.75, 3.05) is 0 Å². The number of carbonyl (C=O) groups is 2. The van der Waals surface area contributed by atoms with Gasteiger partial charge in [-0.15, -0.1) is 0 Å². The fourth-order valence-corrected chi connectivity index (χ4v) is 6.19. The summed E-state index contributed by atoms with van der Waals surface area (Å²) in [7, 11) is 1.83. The van der Waals surface area contributed by atoms with E-state index >= 15 is 4.39 Å². The van der Waals surface area contributed by atoms with E-state index in [4.69, 9.17) is 0 Å². The third kappa shape index (κ3) is 4.09. The molecule has 0 radical (unpaired) electrons. The van der Waals surface area contributed by atoms with Crippen LogP contribution >= 0.6 is 0 Å². The van der Waals surface area contributed by atoms with Crippen molar-refractivity contribution < 1.29 is 23.5 Å². The highest BCUT2D eigenvalue weighted by Crippen LogP contribution is 2.41. The van der Waals surface area contributed by atoms with E-state index in [-0.39, 0.29) is 29.6 Å². The molecule has 3 atom stereocenters.